The van der Waals surface area contributed by atoms with Crippen LogP contribution in [0.2, 0.25) is 0 Å². The zero-order chi connectivity index (χ0) is 22.9. The van der Waals surface area contributed by atoms with E-state index in [1.807, 2.05) is 19.9 Å². The third-order valence-corrected chi connectivity index (χ3v) is 10.1. The number of ketones is 1. The Kier molecular flexibility index (Phi) is 4.10. The second-order valence-electron chi connectivity index (χ2n) is 11.1. The Bertz CT molecular complexity index is 995. The molecule has 0 bridgehead atoms. The molecular weight excluding hydrogens is 438 g/mol. The van der Waals surface area contributed by atoms with E-state index in [9.17, 15) is 14.0 Å². The zero-order valence-corrected chi connectivity index (χ0v) is 19.5. The minimum atomic E-state index is -1.29. The predicted molar refractivity (Wildman–Crippen MR) is 113 cm³/mol. The van der Waals surface area contributed by atoms with Crippen LogP contribution in [-0.2, 0) is 23.8 Å². The van der Waals surface area contributed by atoms with E-state index >= 15 is 4.39 Å². The van der Waals surface area contributed by atoms with E-state index in [1.165, 1.54) is 12.2 Å². The van der Waals surface area contributed by atoms with Gasteiger partial charge in [0.15, 0.2) is 17.2 Å². The smallest absolute Gasteiger partial charge is 0.226 e. The summed E-state index contributed by atoms with van der Waals surface area (Å²) in [5.41, 5.74) is -2.78. The number of carbonyl (C=O) groups is 2. The number of allylic oxidation sites excluding steroid dienone is 2. The summed E-state index contributed by atoms with van der Waals surface area (Å²) in [5.74, 6) is -1.41. The Morgan fingerprint density at radius 2 is 1.91 bits per heavy atom. The Labute approximate surface area is 190 Å². The monoisotopic (exact) mass is 466 g/mol. The van der Waals surface area contributed by atoms with Gasteiger partial charge >= 0.3 is 0 Å². The van der Waals surface area contributed by atoms with Gasteiger partial charge in [-0.25, -0.2) is 8.78 Å². The summed E-state index contributed by atoms with van der Waals surface area (Å²) in [6, 6.07) is -0.831. The van der Waals surface area contributed by atoms with Gasteiger partial charge in [0, 0.05) is 10.8 Å². The van der Waals surface area contributed by atoms with Gasteiger partial charge in [-0.1, -0.05) is 24.8 Å². The molecule has 3 unspecified atom stereocenters. The molecule has 0 aromatic carbocycles. The van der Waals surface area contributed by atoms with E-state index in [4.69, 9.17) is 14.2 Å². The van der Waals surface area contributed by atoms with Gasteiger partial charge in [0.2, 0.25) is 5.12 Å². The third-order valence-electron chi connectivity index (χ3n) is 9.40. The number of thioether (sulfide) groups is 1. The van der Waals surface area contributed by atoms with Crippen LogP contribution in [0.15, 0.2) is 23.8 Å². The minimum Gasteiger partial charge on any atom is -0.364 e. The summed E-state index contributed by atoms with van der Waals surface area (Å²) >= 11 is 0.628. The highest BCUT2D eigenvalue weighted by Crippen LogP contribution is 2.77. The first-order valence-corrected chi connectivity index (χ1v) is 12.3. The number of epoxide rings is 1. The molecule has 2 aliphatic heterocycles. The van der Waals surface area contributed by atoms with Crippen LogP contribution >= 0.6 is 11.8 Å². The fourth-order valence-corrected chi connectivity index (χ4v) is 8.97. The largest absolute Gasteiger partial charge is 0.364 e. The summed E-state index contributed by atoms with van der Waals surface area (Å²) in [6.45, 7) is 7.54. The fraction of sp³-hybridized carbons (Fsp3) is 0.750. The summed E-state index contributed by atoms with van der Waals surface area (Å²) in [7, 11) is 0. The molecule has 4 aliphatic carbocycles. The van der Waals surface area contributed by atoms with Crippen molar-refractivity contribution in [3.63, 3.8) is 0 Å². The van der Waals surface area contributed by atoms with E-state index in [2.05, 4.69) is 0 Å². The van der Waals surface area contributed by atoms with Crippen molar-refractivity contribution in [2.24, 2.45) is 22.7 Å². The lowest BCUT2D eigenvalue weighted by atomic mass is 9.46. The number of ether oxygens (including phenoxy) is 3. The highest BCUT2D eigenvalue weighted by molar-refractivity contribution is 8.13. The first-order chi connectivity index (χ1) is 14.9. The van der Waals surface area contributed by atoms with Gasteiger partial charge in [-0.15, -0.1) is 0 Å². The Morgan fingerprint density at radius 1 is 1.16 bits per heavy atom. The highest BCUT2D eigenvalue weighted by atomic mass is 32.2. The maximum absolute atomic E-state index is 15.6. The van der Waals surface area contributed by atoms with Gasteiger partial charge in [0.1, 0.15) is 17.8 Å². The van der Waals surface area contributed by atoms with E-state index < -0.39 is 46.1 Å². The molecule has 5 nitrogen and oxygen atoms in total. The van der Waals surface area contributed by atoms with E-state index in [0.29, 0.717) is 30.2 Å². The third kappa shape index (κ3) is 2.21. The molecule has 0 N–H and O–H groups in total. The van der Waals surface area contributed by atoms with Crippen molar-refractivity contribution < 1.29 is 32.6 Å². The second kappa shape index (κ2) is 6.12. The molecule has 9 atom stereocenters. The van der Waals surface area contributed by atoms with E-state index in [1.54, 1.807) is 13.8 Å². The molecule has 174 valence electrons. The number of rotatable bonds is 2. The van der Waals surface area contributed by atoms with Crippen molar-refractivity contribution in [2.75, 3.05) is 6.01 Å². The van der Waals surface area contributed by atoms with E-state index in [-0.39, 0.29) is 35.3 Å². The average Bonchev–Trinajstić information content (AvgIpc) is 3.29. The van der Waals surface area contributed by atoms with Gasteiger partial charge in [-0.3, -0.25) is 9.59 Å². The molecule has 0 radical (unpaired) electrons. The molecular formula is C24H28F2O5S. The molecule has 1 spiro atoms. The van der Waals surface area contributed by atoms with Gasteiger partial charge in [0.25, 0.3) is 0 Å². The maximum Gasteiger partial charge on any atom is 0.226 e. The summed E-state index contributed by atoms with van der Waals surface area (Å²) in [6.07, 6.45) is 4.11. The van der Waals surface area contributed by atoms with Crippen molar-refractivity contribution in [2.45, 2.75) is 82.3 Å². The first-order valence-electron chi connectivity index (χ1n) is 11.3. The van der Waals surface area contributed by atoms with Crippen LogP contribution in [-0.4, -0.2) is 52.3 Å². The lowest BCUT2D eigenvalue weighted by molar-refractivity contribution is -0.207. The molecule has 0 aromatic heterocycles. The second-order valence-corrected chi connectivity index (χ2v) is 12.0. The van der Waals surface area contributed by atoms with Crippen molar-refractivity contribution in [3.05, 3.63) is 23.8 Å². The SMILES string of the molecule is CC1(C)OC2CC3C4C[C@H](F)C5=CC(=O)C=C[C@]5(C)[C@@]45O[C@H]5C[C@]3(C)[C@]2(C(=O)SCF)O1. The number of hydrogen-bond donors (Lipinski definition) is 0. The molecule has 0 amide bonds. The number of halogens is 2. The van der Waals surface area contributed by atoms with Crippen LogP contribution in [0.4, 0.5) is 8.78 Å². The molecule has 3 saturated carbocycles. The predicted octanol–water partition coefficient (Wildman–Crippen LogP) is 4.06. The van der Waals surface area contributed by atoms with Gasteiger partial charge in [-0.2, -0.15) is 0 Å². The standard InChI is InChI=1S/C24H28F2O5S/c1-20(2)29-17-9-13-14-8-16(26)15-7-12(27)5-6-21(15,3)23(14)18(30-23)10-22(13,4)24(17,31-20)19(28)32-11-25/h5-7,13-14,16-18H,8-11H2,1-4H3/t13?,14?,16-,17?,18-,21-,22-,23+,24-/m0/s1. The molecule has 2 saturated heterocycles. The Morgan fingerprint density at radius 3 is 2.62 bits per heavy atom. The van der Waals surface area contributed by atoms with Gasteiger partial charge in [-0.05, 0) is 69.6 Å². The van der Waals surface area contributed by atoms with Crippen LogP contribution in [0, 0.1) is 22.7 Å². The normalized spacial score (nSPS) is 54.1. The van der Waals surface area contributed by atoms with Crippen LogP contribution in [0.5, 0.6) is 0 Å². The quantitative estimate of drug-likeness (QED) is 0.572. The molecule has 6 aliphatic rings. The van der Waals surface area contributed by atoms with Crippen molar-refractivity contribution in [1.82, 2.24) is 0 Å². The maximum atomic E-state index is 15.6. The highest BCUT2D eigenvalue weighted by Gasteiger charge is 2.85. The summed E-state index contributed by atoms with van der Waals surface area (Å²) < 4.78 is 47.9. The van der Waals surface area contributed by atoms with Crippen molar-refractivity contribution >= 4 is 22.7 Å². The fourth-order valence-electron chi connectivity index (χ4n) is 8.25. The first kappa shape index (κ1) is 21.4. The van der Waals surface area contributed by atoms with Gasteiger partial charge < -0.3 is 14.2 Å². The molecule has 32 heavy (non-hydrogen) atoms. The molecule has 5 fully saturated rings. The molecule has 2 heterocycles. The van der Waals surface area contributed by atoms with Crippen molar-refractivity contribution in [1.29, 1.82) is 0 Å². The number of carbonyl (C=O) groups excluding carboxylic acids is 2. The molecule has 6 rings (SSSR count). The molecule has 8 heteroatoms. The number of hydrogen-bond acceptors (Lipinski definition) is 6. The average molecular weight is 467 g/mol. The van der Waals surface area contributed by atoms with Crippen LogP contribution in [0.1, 0.15) is 47.0 Å². The number of fused-ring (bicyclic) bond motifs is 5. The van der Waals surface area contributed by atoms with Crippen LogP contribution < -0.4 is 0 Å². The zero-order valence-electron chi connectivity index (χ0n) is 18.7. The summed E-state index contributed by atoms with van der Waals surface area (Å²) in [5, 5.41) is -0.351. The lowest BCUT2D eigenvalue weighted by Gasteiger charge is -2.56. The molecule has 0 aromatic rings. The summed E-state index contributed by atoms with van der Waals surface area (Å²) in [4.78, 5) is 25.4. The topological polar surface area (TPSA) is 65.1 Å². The van der Waals surface area contributed by atoms with E-state index in [0.717, 1.165) is 0 Å². The minimum absolute atomic E-state index is 0.0887. The Balaban J connectivity index is 1.46. The van der Waals surface area contributed by atoms with Crippen LogP contribution in [0.25, 0.3) is 0 Å². The van der Waals surface area contributed by atoms with Gasteiger partial charge in [0.05, 0.1) is 12.2 Å². The number of alkyl halides is 2. The van der Waals surface area contributed by atoms with Crippen LogP contribution in [0.3, 0.4) is 0 Å². The van der Waals surface area contributed by atoms with Crippen molar-refractivity contribution in [3.8, 4) is 0 Å². The Hall–Kier alpha value is -1.09. The lowest BCUT2D eigenvalue weighted by Crippen LogP contribution is -2.63.